The number of carbonyl (C=O) groups is 2. The number of carbonyl (C=O) groups excluding carboxylic acids is 2. The van der Waals surface area contributed by atoms with E-state index in [0.717, 1.165) is 36.5 Å². The lowest BCUT2D eigenvalue weighted by Crippen LogP contribution is -2.35. The highest BCUT2D eigenvalue weighted by molar-refractivity contribution is 6.30. The van der Waals surface area contributed by atoms with Gasteiger partial charge in [-0.3, -0.25) is 9.59 Å². The molecule has 1 aliphatic heterocycles. The number of hydrogen-bond donors (Lipinski definition) is 1. The van der Waals surface area contributed by atoms with E-state index in [0.29, 0.717) is 30.0 Å². The number of hydrogen-bond acceptors (Lipinski definition) is 4. The second-order valence-electron chi connectivity index (χ2n) is 8.01. The van der Waals surface area contributed by atoms with Crippen LogP contribution in [0.4, 0.5) is 11.4 Å². The third kappa shape index (κ3) is 7.87. The highest BCUT2D eigenvalue weighted by Crippen LogP contribution is 2.28. The molecule has 4 rings (SSSR count). The van der Waals surface area contributed by atoms with Crippen molar-refractivity contribution in [1.82, 2.24) is 0 Å². The van der Waals surface area contributed by atoms with Crippen molar-refractivity contribution >= 4 is 34.8 Å². The first-order chi connectivity index (χ1) is 17.0. The van der Waals surface area contributed by atoms with Crippen molar-refractivity contribution in [3.63, 3.8) is 0 Å². The number of nitrogens with one attached hydrogen (secondary N) is 1. The Morgan fingerprint density at radius 1 is 1.06 bits per heavy atom. The van der Waals surface area contributed by atoms with Crippen molar-refractivity contribution in [1.29, 1.82) is 5.26 Å². The molecule has 0 fully saturated rings. The number of unbranched alkanes of at least 4 members (excludes halogenated alkanes) is 1. The molecule has 35 heavy (non-hydrogen) atoms. The van der Waals surface area contributed by atoms with Gasteiger partial charge in [0.2, 0.25) is 5.91 Å². The van der Waals surface area contributed by atoms with Gasteiger partial charge in [0.05, 0.1) is 12.7 Å². The van der Waals surface area contributed by atoms with Crippen molar-refractivity contribution in [3.8, 4) is 11.8 Å². The maximum atomic E-state index is 12.8. The third-order valence-electron chi connectivity index (χ3n) is 5.32. The number of para-hydroxylation sites is 1. The van der Waals surface area contributed by atoms with Gasteiger partial charge in [0.25, 0.3) is 5.91 Å². The largest absolute Gasteiger partial charge is 0.494 e. The SMILES string of the molecule is CC(=O)Nc1ccc(Cl)cc1.N#CCCCOc1ccc(C(=O)N2CCCc3ccccc32)cc1. The summed E-state index contributed by atoms with van der Waals surface area (Å²) in [5, 5.41) is 11.8. The molecule has 0 saturated heterocycles. The Hall–Kier alpha value is -3.82. The minimum Gasteiger partial charge on any atom is -0.494 e. The molecule has 0 radical (unpaired) electrons. The van der Waals surface area contributed by atoms with Crippen molar-refractivity contribution in [3.05, 3.63) is 88.9 Å². The first-order valence-electron chi connectivity index (χ1n) is 11.5. The number of fused-ring (bicyclic) bond motifs is 1. The number of nitriles is 1. The number of aryl methyl sites for hydroxylation is 1. The quantitative estimate of drug-likeness (QED) is 0.414. The number of ether oxygens (including phenoxy) is 1. The van der Waals surface area contributed by atoms with Gasteiger partial charge >= 0.3 is 0 Å². The van der Waals surface area contributed by atoms with Crippen molar-refractivity contribution in [2.24, 2.45) is 0 Å². The lowest BCUT2D eigenvalue weighted by molar-refractivity contribution is -0.114. The summed E-state index contributed by atoms with van der Waals surface area (Å²) in [7, 11) is 0. The summed E-state index contributed by atoms with van der Waals surface area (Å²) >= 11 is 5.64. The summed E-state index contributed by atoms with van der Waals surface area (Å²) in [6.07, 6.45) is 3.21. The normalized spacial score (nSPS) is 11.9. The molecule has 0 saturated carbocycles. The minimum atomic E-state index is -0.0766. The van der Waals surface area contributed by atoms with Crippen LogP contribution in [0.3, 0.4) is 0 Å². The zero-order valence-corrected chi connectivity index (χ0v) is 20.4. The molecule has 180 valence electrons. The number of amides is 2. The number of benzene rings is 3. The van der Waals surface area contributed by atoms with Gasteiger partial charge in [-0.25, -0.2) is 0 Å². The van der Waals surface area contributed by atoms with Gasteiger partial charge in [-0.15, -0.1) is 0 Å². The predicted molar refractivity (Wildman–Crippen MR) is 139 cm³/mol. The summed E-state index contributed by atoms with van der Waals surface area (Å²) in [4.78, 5) is 25.2. The molecule has 0 atom stereocenters. The van der Waals surface area contributed by atoms with Crippen molar-refractivity contribution in [2.45, 2.75) is 32.6 Å². The second kappa shape index (κ2) is 13.2. The summed E-state index contributed by atoms with van der Waals surface area (Å²) in [5.74, 6) is 0.675. The summed E-state index contributed by atoms with van der Waals surface area (Å²) < 4.78 is 5.57. The van der Waals surface area contributed by atoms with Crippen LogP contribution in [0.1, 0.15) is 42.1 Å². The fraction of sp³-hybridized carbons (Fsp3) is 0.250. The average Bonchev–Trinajstić information content (AvgIpc) is 2.88. The molecule has 2 amide bonds. The molecule has 3 aromatic carbocycles. The van der Waals surface area contributed by atoms with Crippen LogP contribution in [0.5, 0.6) is 5.75 Å². The zero-order chi connectivity index (χ0) is 25.0. The van der Waals surface area contributed by atoms with E-state index in [-0.39, 0.29) is 11.8 Å². The van der Waals surface area contributed by atoms with E-state index in [1.165, 1.54) is 12.5 Å². The van der Waals surface area contributed by atoms with Crippen LogP contribution in [0, 0.1) is 11.3 Å². The number of nitrogens with zero attached hydrogens (tertiary/aromatic N) is 2. The van der Waals surface area contributed by atoms with Gasteiger partial charge in [-0.2, -0.15) is 5.26 Å². The number of anilines is 2. The standard InChI is InChI=1S/C20H20N2O2.C8H8ClNO/c21-13-3-4-15-24-18-11-9-17(10-12-18)20(23)22-14-5-7-16-6-1-2-8-19(16)22;1-6(11)10-8-4-2-7(9)3-5-8/h1-2,6,8-12H,3-5,7,14-15H2;2-5H,1H3,(H,10,11). The van der Waals surface area contributed by atoms with Crippen LogP contribution in [0.25, 0.3) is 0 Å². The lowest BCUT2D eigenvalue weighted by atomic mass is 10.0. The Balaban J connectivity index is 0.000000261. The maximum Gasteiger partial charge on any atom is 0.258 e. The summed E-state index contributed by atoms with van der Waals surface area (Å²) in [5.41, 5.74) is 3.68. The minimum absolute atomic E-state index is 0.0261. The Morgan fingerprint density at radius 2 is 1.77 bits per heavy atom. The molecule has 6 nitrogen and oxygen atoms in total. The van der Waals surface area contributed by atoms with E-state index in [1.807, 2.05) is 35.2 Å². The highest BCUT2D eigenvalue weighted by Gasteiger charge is 2.23. The number of rotatable bonds is 6. The molecular weight excluding hydrogens is 462 g/mol. The number of halogens is 1. The van der Waals surface area contributed by atoms with Gasteiger partial charge in [0, 0.05) is 41.9 Å². The van der Waals surface area contributed by atoms with Crippen LogP contribution >= 0.6 is 11.6 Å². The monoisotopic (exact) mass is 489 g/mol. The van der Waals surface area contributed by atoms with Crippen LogP contribution < -0.4 is 15.0 Å². The molecule has 3 aromatic rings. The van der Waals surface area contributed by atoms with Gasteiger partial charge in [-0.05, 0) is 79.4 Å². The van der Waals surface area contributed by atoms with Crippen LogP contribution in [-0.4, -0.2) is 25.0 Å². The summed E-state index contributed by atoms with van der Waals surface area (Å²) in [6.45, 7) is 2.73. The van der Waals surface area contributed by atoms with Gasteiger partial charge in [-0.1, -0.05) is 29.8 Å². The fourth-order valence-corrected chi connectivity index (χ4v) is 3.80. The zero-order valence-electron chi connectivity index (χ0n) is 19.7. The molecule has 1 N–H and O–H groups in total. The molecule has 1 aliphatic rings. The van der Waals surface area contributed by atoms with E-state index >= 15 is 0 Å². The topological polar surface area (TPSA) is 82.4 Å². The Labute approximate surface area is 211 Å². The van der Waals surface area contributed by atoms with Crippen LogP contribution in [0.15, 0.2) is 72.8 Å². The second-order valence-corrected chi connectivity index (χ2v) is 8.45. The summed E-state index contributed by atoms with van der Waals surface area (Å²) in [6, 6.07) is 24.4. The Morgan fingerprint density at radius 3 is 2.46 bits per heavy atom. The van der Waals surface area contributed by atoms with Gasteiger partial charge in [0.1, 0.15) is 5.75 Å². The smallest absolute Gasteiger partial charge is 0.258 e. The van der Waals surface area contributed by atoms with Crippen LogP contribution in [-0.2, 0) is 11.2 Å². The van der Waals surface area contributed by atoms with E-state index in [1.54, 1.807) is 36.4 Å². The van der Waals surface area contributed by atoms with Gasteiger partial charge in [0.15, 0.2) is 0 Å². The highest BCUT2D eigenvalue weighted by atomic mass is 35.5. The molecule has 0 unspecified atom stereocenters. The van der Waals surface area contributed by atoms with Crippen molar-refractivity contribution < 1.29 is 14.3 Å². The van der Waals surface area contributed by atoms with E-state index in [4.69, 9.17) is 21.6 Å². The fourth-order valence-electron chi connectivity index (χ4n) is 3.67. The van der Waals surface area contributed by atoms with E-state index in [9.17, 15) is 9.59 Å². The van der Waals surface area contributed by atoms with Crippen molar-refractivity contribution in [2.75, 3.05) is 23.4 Å². The molecule has 7 heteroatoms. The molecule has 0 aliphatic carbocycles. The molecule has 0 aromatic heterocycles. The first kappa shape index (κ1) is 25.8. The van der Waals surface area contributed by atoms with E-state index in [2.05, 4.69) is 17.5 Å². The lowest BCUT2D eigenvalue weighted by Gasteiger charge is -2.29. The average molecular weight is 490 g/mol. The third-order valence-corrected chi connectivity index (χ3v) is 5.57. The predicted octanol–water partition coefficient (Wildman–Crippen LogP) is 6.26. The molecule has 1 heterocycles. The molecule has 0 bridgehead atoms. The first-order valence-corrected chi connectivity index (χ1v) is 11.9. The molecular formula is C28H28ClN3O3. The van der Waals surface area contributed by atoms with E-state index < -0.39 is 0 Å². The van der Waals surface area contributed by atoms with Gasteiger partial charge < -0.3 is 15.0 Å². The maximum absolute atomic E-state index is 12.8. The Kier molecular flexibility index (Phi) is 9.70. The molecule has 0 spiro atoms. The Bertz CT molecular complexity index is 1170. The van der Waals surface area contributed by atoms with Crippen LogP contribution in [0.2, 0.25) is 5.02 Å².